The fraction of sp³-hybridized carbons (Fsp3) is 0.720. The molecule has 1 aromatic rings. The van der Waals surface area contributed by atoms with Gasteiger partial charge in [0.25, 0.3) is 0 Å². The number of amides is 1. The second-order valence-corrected chi connectivity index (χ2v) is 11.6. The first-order valence-electron chi connectivity index (χ1n) is 12.6. The van der Waals surface area contributed by atoms with Gasteiger partial charge in [-0.05, 0) is 82.5 Å². The molecule has 2 aliphatic heterocycles. The molecule has 0 saturated carbocycles. The van der Waals surface area contributed by atoms with E-state index in [1.54, 1.807) is 33.1 Å². The first-order chi connectivity index (χ1) is 16.7. The molecule has 1 amide bonds. The summed E-state index contributed by atoms with van der Waals surface area (Å²) >= 11 is 0. The number of carbonyl (C=O) groups is 1. The predicted octanol–water partition coefficient (Wildman–Crippen LogP) is 1.58. The minimum Gasteiger partial charge on any atom is -0.497 e. The van der Waals surface area contributed by atoms with Gasteiger partial charge in [0.1, 0.15) is 12.4 Å². The number of likely N-dealkylation sites (tertiary alicyclic amines) is 1. The number of nitrogens with zero attached hydrogens (tertiary/aromatic N) is 4. The summed E-state index contributed by atoms with van der Waals surface area (Å²) in [5.41, 5.74) is 1.28. The molecule has 9 nitrogen and oxygen atoms in total. The highest BCUT2D eigenvalue weighted by Gasteiger charge is 2.26. The lowest BCUT2D eigenvalue weighted by Crippen LogP contribution is -2.50. The van der Waals surface area contributed by atoms with E-state index in [2.05, 4.69) is 9.80 Å². The van der Waals surface area contributed by atoms with Crippen LogP contribution < -0.4 is 4.74 Å². The van der Waals surface area contributed by atoms with Gasteiger partial charge in [0.15, 0.2) is 0 Å². The van der Waals surface area contributed by atoms with Crippen LogP contribution in [0.5, 0.6) is 5.75 Å². The number of ether oxygens (including phenoxy) is 2. The van der Waals surface area contributed by atoms with Crippen LogP contribution in [0.15, 0.2) is 17.0 Å². The molecule has 3 rings (SSSR count). The van der Waals surface area contributed by atoms with Crippen LogP contribution in [0.1, 0.15) is 30.4 Å². The van der Waals surface area contributed by atoms with Crippen molar-refractivity contribution < 1.29 is 22.7 Å². The van der Waals surface area contributed by atoms with Crippen molar-refractivity contribution in [1.82, 2.24) is 19.0 Å². The van der Waals surface area contributed by atoms with Crippen molar-refractivity contribution in [3.8, 4) is 5.75 Å². The molecule has 198 valence electrons. The van der Waals surface area contributed by atoms with E-state index in [9.17, 15) is 13.2 Å². The van der Waals surface area contributed by atoms with Gasteiger partial charge in [-0.3, -0.25) is 9.69 Å². The molecule has 2 fully saturated rings. The Balaban J connectivity index is 1.35. The Kier molecular flexibility index (Phi) is 10.4. The fourth-order valence-electron chi connectivity index (χ4n) is 4.90. The minimum atomic E-state index is -3.67. The Morgan fingerprint density at radius 1 is 0.971 bits per heavy atom. The molecule has 2 saturated heterocycles. The van der Waals surface area contributed by atoms with Gasteiger partial charge in [-0.1, -0.05) is 0 Å². The van der Waals surface area contributed by atoms with Crippen LogP contribution in [0.3, 0.4) is 0 Å². The summed E-state index contributed by atoms with van der Waals surface area (Å²) in [7, 11) is -0.579. The number of piperazine rings is 1. The van der Waals surface area contributed by atoms with E-state index in [0.29, 0.717) is 16.9 Å². The number of carbonyl (C=O) groups excluding carboxylic acids is 1. The SMILES string of the molecule is COc1cc(C)c(S(=O)(=O)N(C)CCOCC(=O)N2CCN(CCCN3CCCC3)CC2)c(C)c1. The van der Waals surface area contributed by atoms with Crippen LogP contribution >= 0.6 is 0 Å². The lowest BCUT2D eigenvalue weighted by molar-refractivity contribution is -0.137. The molecular formula is C25H42N4O5S. The number of sulfonamides is 1. The minimum absolute atomic E-state index is 0.0244. The van der Waals surface area contributed by atoms with Crippen LogP contribution in [0, 0.1) is 13.8 Å². The monoisotopic (exact) mass is 510 g/mol. The summed E-state index contributed by atoms with van der Waals surface area (Å²) in [5.74, 6) is 0.598. The van der Waals surface area contributed by atoms with Crippen LogP contribution in [-0.2, 0) is 19.6 Å². The van der Waals surface area contributed by atoms with Gasteiger partial charge in [-0.25, -0.2) is 8.42 Å². The van der Waals surface area contributed by atoms with Crippen molar-refractivity contribution in [2.24, 2.45) is 0 Å². The van der Waals surface area contributed by atoms with Crippen molar-refractivity contribution in [2.75, 3.05) is 86.3 Å². The Labute approximate surface area is 211 Å². The Morgan fingerprint density at radius 3 is 2.11 bits per heavy atom. The van der Waals surface area contributed by atoms with Crippen molar-refractivity contribution in [2.45, 2.75) is 38.0 Å². The third-order valence-electron chi connectivity index (χ3n) is 6.99. The average Bonchev–Trinajstić information content (AvgIpc) is 3.34. The maximum Gasteiger partial charge on any atom is 0.248 e. The molecule has 1 aromatic carbocycles. The molecule has 0 aromatic heterocycles. The smallest absolute Gasteiger partial charge is 0.248 e. The zero-order valence-corrected chi connectivity index (χ0v) is 22.6. The van der Waals surface area contributed by atoms with Crippen LogP contribution in [0.4, 0.5) is 0 Å². The molecule has 0 aliphatic carbocycles. The Hall–Kier alpha value is -1.72. The van der Waals surface area contributed by atoms with Gasteiger partial charge in [0.05, 0.1) is 18.6 Å². The van der Waals surface area contributed by atoms with Gasteiger partial charge < -0.3 is 19.3 Å². The van der Waals surface area contributed by atoms with Crippen molar-refractivity contribution in [1.29, 1.82) is 0 Å². The number of aryl methyl sites for hydroxylation is 2. The molecule has 0 unspecified atom stereocenters. The largest absolute Gasteiger partial charge is 0.497 e. The number of rotatable bonds is 12. The quantitative estimate of drug-likeness (QED) is 0.395. The molecule has 10 heteroatoms. The normalized spacial score (nSPS) is 17.9. The van der Waals surface area contributed by atoms with Gasteiger partial charge in [-0.2, -0.15) is 4.31 Å². The van der Waals surface area contributed by atoms with Crippen LogP contribution in [-0.4, -0.2) is 120 Å². The first kappa shape index (κ1) is 27.9. The first-order valence-corrected chi connectivity index (χ1v) is 14.1. The molecule has 0 bridgehead atoms. The molecule has 0 N–H and O–H groups in total. The molecule has 2 aliphatic rings. The highest BCUT2D eigenvalue weighted by atomic mass is 32.2. The van der Waals surface area contributed by atoms with Crippen molar-refractivity contribution >= 4 is 15.9 Å². The van der Waals surface area contributed by atoms with Gasteiger partial charge in [0, 0.05) is 39.8 Å². The van der Waals surface area contributed by atoms with E-state index in [4.69, 9.17) is 9.47 Å². The van der Waals surface area contributed by atoms with E-state index < -0.39 is 10.0 Å². The van der Waals surface area contributed by atoms with Crippen LogP contribution in [0.2, 0.25) is 0 Å². The molecule has 35 heavy (non-hydrogen) atoms. The summed E-state index contributed by atoms with van der Waals surface area (Å²) < 4.78 is 38.2. The maximum atomic E-state index is 13.1. The van der Waals surface area contributed by atoms with Gasteiger partial charge in [0.2, 0.25) is 15.9 Å². The highest BCUT2D eigenvalue weighted by Crippen LogP contribution is 2.27. The summed E-state index contributed by atoms with van der Waals surface area (Å²) in [6.45, 7) is 11.8. The van der Waals surface area contributed by atoms with E-state index in [1.807, 2.05) is 4.90 Å². The Bertz CT molecular complexity index is 918. The summed E-state index contributed by atoms with van der Waals surface area (Å²) in [6.07, 6.45) is 3.84. The standard InChI is InChI=1S/C25H42N4O5S/c1-21-18-23(33-4)19-22(2)25(21)35(31,32)26(3)16-17-34-20-24(30)29-14-12-28(13-15-29)11-7-10-27-8-5-6-9-27/h18-19H,5-17,20H2,1-4H3. The third-order valence-corrected chi connectivity index (χ3v) is 9.15. The average molecular weight is 511 g/mol. The molecule has 0 spiro atoms. The second kappa shape index (κ2) is 13.0. The van der Waals surface area contributed by atoms with Crippen LogP contribution in [0.25, 0.3) is 0 Å². The predicted molar refractivity (Wildman–Crippen MR) is 136 cm³/mol. The third kappa shape index (κ3) is 7.63. The molecule has 0 radical (unpaired) electrons. The highest BCUT2D eigenvalue weighted by molar-refractivity contribution is 7.89. The van der Waals surface area contributed by atoms with Crippen molar-refractivity contribution in [3.63, 3.8) is 0 Å². The summed E-state index contributed by atoms with van der Waals surface area (Å²) in [5, 5.41) is 0. The molecule has 0 atom stereocenters. The summed E-state index contributed by atoms with van der Waals surface area (Å²) in [6, 6.07) is 3.44. The van der Waals surface area contributed by atoms with Gasteiger partial charge >= 0.3 is 0 Å². The lowest BCUT2D eigenvalue weighted by Gasteiger charge is -2.35. The summed E-state index contributed by atoms with van der Waals surface area (Å²) in [4.78, 5) is 19.6. The molecule has 2 heterocycles. The van der Waals surface area contributed by atoms with E-state index >= 15 is 0 Å². The number of likely N-dealkylation sites (N-methyl/N-ethyl adjacent to an activating group) is 1. The lowest BCUT2D eigenvalue weighted by atomic mass is 10.1. The number of hydrogen-bond donors (Lipinski definition) is 0. The number of hydrogen-bond acceptors (Lipinski definition) is 7. The fourth-order valence-corrected chi connectivity index (χ4v) is 6.46. The van der Waals surface area contributed by atoms with Crippen molar-refractivity contribution in [3.05, 3.63) is 23.3 Å². The number of methoxy groups -OCH3 is 1. The second-order valence-electron chi connectivity index (χ2n) is 9.59. The maximum absolute atomic E-state index is 13.1. The van der Waals surface area contributed by atoms with E-state index in [1.165, 1.54) is 50.2 Å². The van der Waals surface area contributed by atoms with Gasteiger partial charge in [-0.15, -0.1) is 0 Å². The van der Waals surface area contributed by atoms with E-state index in [0.717, 1.165) is 32.7 Å². The zero-order chi connectivity index (χ0) is 25.4. The molecular weight excluding hydrogens is 468 g/mol. The zero-order valence-electron chi connectivity index (χ0n) is 21.8. The number of benzene rings is 1. The Morgan fingerprint density at radius 2 is 1.54 bits per heavy atom. The van der Waals surface area contributed by atoms with E-state index in [-0.39, 0.29) is 30.6 Å². The topological polar surface area (TPSA) is 82.6 Å².